The van der Waals surface area contributed by atoms with E-state index in [0.29, 0.717) is 50.1 Å². The number of fused-ring (bicyclic) bond motifs is 4. The third-order valence-corrected chi connectivity index (χ3v) is 8.24. The fraction of sp³-hybridized carbons (Fsp3) is 0.0526. The second-order valence-corrected chi connectivity index (χ2v) is 10.6. The van der Waals surface area contributed by atoms with Gasteiger partial charge in [0.1, 0.15) is 6.07 Å². The second kappa shape index (κ2) is 11.1. The maximum absolute atomic E-state index is 13.8. The number of rotatable bonds is 2. The van der Waals surface area contributed by atoms with E-state index >= 15 is 0 Å². The van der Waals surface area contributed by atoms with Crippen molar-refractivity contribution in [2.45, 2.75) is 13.1 Å². The summed E-state index contributed by atoms with van der Waals surface area (Å²) in [5.41, 5.74) is 3.92. The van der Waals surface area contributed by atoms with Crippen molar-refractivity contribution in [1.29, 1.82) is 15.8 Å². The van der Waals surface area contributed by atoms with Crippen molar-refractivity contribution in [2.75, 3.05) is 0 Å². The van der Waals surface area contributed by atoms with Crippen molar-refractivity contribution in [1.82, 2.24) is 0 Å². The first kappa shape index (κ1) is 29.9. The lowest BCUT2D eigenvalue weighted by atomic mass is 9.87. The van der Waals surface area contributed by atoms with Crippen LogP contribution in [0.5, 0.6) is 0 Å². The summed E-state index contributed by atoms with van der Waals surface area (Å²) >= 11 is 0. The van der Waals surface area contributed by atoms with Crippen LogP contribution >= 0.6 is 0 Å². The molecule has 47 heavy (non-hydrogen) atoms. The van der Waals surface area contributed by atoms with E-state index in [1.807, 2.05) is 31.2 Å². The van der Waals surface area contributed by atoms with E-state index in [2.05, 4.69) is 20.6 Å². The Morgan fingerprint density at radius 2 is 1.17 bits per heavy atom. The molecule has 2 aliphatic carbocycles. The van der Waals surface area contributed by atoms with Crippen LogP contribution in [0.15, 0.2) is 84.2 Å². The predicted octanol–water partition coefficient (Wildman–Crippen LogP) is 10.0. The molecule has 4 aromatic rings. The van der Waals surface area contributed by atoms with Crippen molar-refractivity contribution < 1.29 is 13.2 Å². The molecule has 0 saturated heterocycles. The Hall–Kier alpha value is -7.17. The van der Waals surface area contributed by atoms with Crippen LogP contribution in [0.25, 0.3) is 59.1 Å². The maximum Gasteiger partial charge on any atom is 0.407 e. The van der Waals surface area contributed by atoms with Gasteiger partial charge in [-0.05, 0) is 80.3 Å². The molecule has 0 amide bonds. The largest absolute Gasteiger partial charge is 0.407 e. The zero-order chi connectivity index (χ0) is 33.6. The Kier molecular flexibility index (Phi) is 7.04. The first-order valence-corrected chi connectivity index (χ1v) is 13.8. The number of hydrogen-bond donors (Lipinski definition) is 0. The molecule has 0 bridgehead atoms. The Balaban J connectivity index is 1.65. The first-order chi connectivity index (χ1) is 22.6. The minimum atomic E-state index is -4.76. The minimum absolute atomic E-state index is 0.0245. The fourth-order valence-electron chi connectivity index (χ4n) is 6.28. The van der Waals surface area contributed by atoms with E-state index in [1.54, 1.807) is 36.4 Å². The monoisotopic (exact) mass is 612 g/mol. The van der Waals surface area contributed by atoms with Gasteiger partial charge in [-0.25, -0.2) is 25.1 Å². The third-order valence-electron chi connectivity index (χ3n) is 8.24. The summed E-state index contributed by atoms with van der Waals surface area (Å²) in [7, 11) is 0. The Morgan fingerprint density at radius 3 is 1.64 bits per heavy atom. The number of para-hydroxylation sites is 1. The molecule has 6 nitrogen and oxygen atoms in total. The Labute approximate surface area is 267 Å². The number of aryl methyl sites for hydroxylation is 1. The van der Waals surface area contributed by atoms with E-state index < -0.39 is 17.4 Å². The SMILES string of the molecule is [C-]#[N+]/C(C#N)=C1C2=C(/C(=C(\C#N)[N+]#[C-])c3cc(-c4cccc(C)c4C#N)ccc32)c2ccc(-c3cccc(C(F)(F)F)c3[N+]#[C-])cc2\1. The van der Waals surface area contributed by atoms with Crippen LogP contribution in [-0.4, -0.2) is 0 Å². The number of nitriles is 3. The topological polar surface area (TPSA) is 84.5 Å². The number of alkyl halides is 3. The summed E-state index contributed by atoms with van der Waals surface area (Å²) < 4.78 is 41.4. The lowest BCUT2D eigenvalue weighted by Gasteiger charge is -2.17. The summed E-state index contributed by atoms with van der Waals surface area (Å²) in [5.74, 6) is 0. The molecule has 4 aromatic carbocycles. The zero-order valence-corrected chi connectivity index (χ0v) is 24.2. The van der Waals surface area contributed by atoms with Gasteiger partial charge in [0, 0.05) is 11.1 Å². The van der Waals surface area contributed by atoms with Gasteiger partial charge in [-0.3, -0.25) is 0 Å². The van der Waals surface area contributed by atoms with Gasteiger partial charge in [-0.15, -0.1) is 0 Å². The number of hydrogen-bond acceptors (Lipinski definition) is 3. The van der Waals surface area contributed by atoms with Crippen LogP contribution in [0.4, 0.5) is 18.9 Å². The third kappa shape index (κ3) is 4.45. The molecule has 0 unspecified atom stereocenters. The molecule has 0 radical (unpaired) electrons. The zero-order valence-electron chi connectivity index (χ0n) is 24.2. The molecule has 6 rings (SSSR count). The highest BCUT2D eigenvalue weighted by molar-refractivity contribution is 6.37. The normalized spacial score (nSPS) is 14.7. The van der Waals surface area contributed by atoms with Crippen LogP contribution in [0, 0.1) is 60.6 Å². The fourth-order valence-corrected chi connectivity index (χ4v) is 6.28. The lowest BCUT2D eigenvalue weighted by Crippen LogP contribution is -2.05. The Bertz CT molecular complexity index is 2440. The summed E-state index contributed by atoms with van der Waals surface area (Å²) in [6.45, 7) is 25.0. The lowest BCUT2D eigenvalue weighted by molar-refractivity contribution is -0.136. The molecule has 0 spiro atoms. The highest BCUT2D eigenvalue weighted by Gasteiger charge is 2.40. The number of allylic oxidation sites excluding steroid dienone is 6. The van der Waals surface area contributed by atoms with Gasteiger partial charge in [-0.1, -0.05) is 60.7 Å². The molecule has 0 heterocycles. The molecular formula is C38H15F3N6. The van der Waals surface area contributed by atoms with Crippen molar-refractivity contribution in [3.8, 4) is 40.5 Å². The highest BCUT2D eigenvalue weighted by Crippen LogP contribution is 2.60. The average molecular weight is 613 g/mol. The summed E-state index contributed by atoms with van der Waals surface area (Å²) in [6, 6.07) is 25.0. The number of halogens is 3. The standard InChI is InChI=1S/C38H15F3N6/c1-20-7-5-8-23(29(20)17-42)21-11-13-25-27(15-21)33(31(18-43)45-2)36-26-14-12-22(16-28(26)34(35(25)36)32(19-44)46-3)24-9-6-10-30(37(24)47-4)38(39,40)41/h5-16H,1H3/b33-31+,34-32-. The number of nitrogens with zero attached hydrogens (tertiary/aromatic N) is 6. The van der Waals surface area contributed by atoms with Gasteiger partial charge in [0.25, 0.3) is 11.4 Å². The molecule has 0 aromatic heterocycles. The van der Waals surface area contributed by atoms with Gasteiger partial charge in [0.2, 0.25) is 5.69 Å². The van der Waals surface area contributed by atoms with Gasteiger partial charge in [0.05, 0.1) is 43.0 Å². The van der Waals surface area contributed by atoms with Crippen molar-refractivity contribution in [2.24, 2.45) is 0 Å². The van der Waals surface area contributed by atoms with E-state index in [4.69, 9.17) is 19.7 Å². The molecule has 2 aliphatic rings. The highest BCUT2D eigenvalue weighted by atomic mass is 19.4. The van der Waals surface area contributed by atoms with E-state index in [9.17, 15) is 29.0 Å². The quantitative estimate of drug-likeness (QED) is 0.167. The predicted molar refractivity (Wildman–Crippen MR) is 170 cm³/mol. The van der Waals surface area contributed by atoms with Gasteiger partial charge >= 0.3 is 6.18 Å². The minimum Gasteiger partial charge on any atom is -0.237 e. The van der Waals surface area contributed by atoms with E-state index in [1.165, 1.54) is 18.2 Å². The molecule has 0 atom stereocenters. The maximum atomic E-state index is 13.8. The van der Waals surface area contributed by atoms with E-state index in [-0.39, 0.29) is 33.7 Å². The Morgan fingerprint density at radius 1 is 0.660 bits per heavy atom. The summed E-state index contributed by atoms with van der Waals surface area (Å²) in [4.78, 5) is 10.2. The summed E-state index contributed by atoms with van der Waals surface area (Å²) in [6.07, 6.45) is -4.76. The van der Waals surface area contributed by atoms with E-state index in [0.717, 1.165) is 11.6 Å². The summed E-state index contributed by atoms with van der Waals surface area (Å²) in [5, 5.41) is 30.0. The van der Waals surface area contributed by atoms with Crippen LogP contribution < -0.4 is 0 Å². The van der Waals surface area contributed by atoms with Crippen molar-refractivity contribution in [3.05, 3.63) is 157 Å². The van der Waals surface area contributed by atoms with Crippen molar-refractivity contribution >= 4 is 28.0 Å². The molecule has 0 N–H and O–H groups in total. The molecule has 218 valence electrons. The van der Waals surface area contributed by atoms with Gasteiger partial charge in [-0.2, -0.15) is 18.4 Å². The van der Waals surface area contributed by atoms with Crippen LogP contribution in [0.2, 0.25) is 0 Å². The molecule has 0 aliphatic heterocycles. The van der Waals surface area contributed by atoms with Crippen molar-refractivity contribution in [3.63, 3.8) is 0 Å². The van der Waals surface area contributed by atoms with Crippen LogP contribution in [0.1, 0.15) is 38.9 Å². The van der Waals surface area contributed by atoms with Gasteiger partial charge < -0.3 is 0 Å². The van der Waals surface area contributed by atoms with Crippen LogP contribution in [0.3, 0.4) is 0 Å². The molecule has 0 fully saturated rings. The second-order valence-electron chi connectivity index (χ2n) is 10.6. The number of benzene rings is 4. The molecular weight excluding hydrogens is 597 g/mol. The first-order valence-electron chi connectivity index (χ1n) is 13.8. The molecule has 9 heteroatoms. The average Bonchev–Trinajstić information content (AvgIpc) is 3.57. The smallest absolute Gasteiger partial charge is 0.237 e. The molecule has 0 saturated carbocycles. The van der Waals surface area contributed by atoms with Gasteiger partial charge in [0.15, 0.2) is 0 Å². The van der Waals surface area contributed by atoms with Crippen LogP contribution in [-0.2, 0) is 6.18 Å².